The van der Waals surface area contributed by atoms with Gasteiger partial charge in [0.15, 0.2) is 5.78 Å². The lowest BCUT2D eigenvalue weighted by molar-refractivity contribution is 0.103. The Kier molecular flexibility index (Phi) is 17.4. The van der Waals surface area contributed by atoms with Crippen molar-refractivity contribution in [1.29, 1.82) is 0 Å². The molecule has 0 aromatic heterocycles. The molecule has 2 aromatic carbocycles. The summed E-state index contributed by atoms with van der Waals surface area (Å²) in [5, 5.41) is 0. The number of unbranched alkanes of at least 4 members (excludes halogenated alkanes) is 1. The largest absolute Gasteiger partial charge is 0.440 e. The van der Waals surface area contributed by atoms with Crippen molar-refractivity contribution in [2.24, 2.45) is 0 Å². The number of carbonyl (C=O) groups is 1. The van der Waals surface area contributed by atoms with Crippen LogP contribution in [0.2, 0.25) is 0 Å². The van der Waals surface area contributed by atoms with Crippen LogP contribution in [0.25, 0.3) is 0 Å². The summed E-state index contributed by atoms with van der Waals surface area (Å²) in [6.07, 6.45) is 4.34. The van der Waals surface area contributed by atoms with Gasteiger partial charge in [-0.2, -0.15) is 0 Å². The maximum absolute atomic E-state index is 12.9. The number of hydrogen-bond donors (Lipinski definition) is 0. The maximum Gasteiger partial charge on any atom is 0.440 e. The third kappa shape index (κ3) is 12.8. The van der Waals surface area contributed by atoms with E-state index in [1.165, 1.54) is 12.8 Å². The minimum absolute atomic E-state index is 0.195. The van der Waals surface area contributed by atoms with Gasteiger partial charge in [0.1, 0.15) is 11.5 Å². The first-order valence-electron chi connectivity index (χ1n) is 13.1. The Morgan fingerprint density at radius 3 is 1.21 bits per heavy atom. The summed E-state index contributed by atoms with van der Waals surface area (Å²) in [5.74, 6) is 1.86. The van der Waals surface area contributed by atoms with Crippen LogP contribution in [0.5, 0.6) is 11.5 Å². The minimum atomic E-state index is -3.31. The molecule has 0 radical (unpaired) electrons. The third-order valence-electron chi connectivity index (χ3n) is 4.65. The van der Waals surface area contributed by atoms with Gasteiger partial charge in [-0.05, 0) is 98.0 Å². The molecule has 0 heterocycles. The fraction of sp³-hybridized carbons (Fsp3) is 0.519. The third-order valence-corrected chi connectivity index (χ3v) is 12.6. The average Bonchev–Trinajstić information content (AvgIpc) is 2.92. The van der Waals surface area contributed by atoms with Gasteiger partial charge in [-0.1, -0.05) is 40.5 Å². The van der Waals surface area contributed by atoms with Crippen LogP contribution in [0, 0.1) is 0 Å². The Hall–Kier alpha value is -1.21. The number of ketones is 1. The van der Waals surface area contributed by atoms with Crippen molar-refractivity contribution in [3.05, 3.63) is 59.7 Å². The van der Waals surface area contributed by atoms with Crippen molar-refractivity contribution in [2.45, 2.75) is 67.2 Å². The van der Waals surface area contributed by atoms with Crippen LogP contribution in [-0.4, -0.2) is 30.5 Å². The van der Waals surface area contributed by atoms with E-state index in [-0.39, 0.29) is 19.0 Å². The van der Waals surface area contributed by atoms with Crippen LogP contribution in [0.15, 0.2) is 48.5 Å². The summed E-state index contributed by atoms with van der Waals surface area (Å²) in [7, 11) is 0. The lowest BCUT2D eigenvalue weighted by Gasteiger charge is -2.18. The number of benzene rings is 2. The first-order chi connectivity index (χ1) is 18.2. The fourth-order valence-corrected chi connectivity index (χ4v) is 9.58. The van der Waals surface area contributed by atoms with Gasteiger partial charge in [0.25, 0.3) is 0 Å². The van der Waals surface area contributed by atoms with Gasteiger partial charge in [-0.25, -0.2) is 9.13 Å². The van der Waals surface area contributed by atoms with E-state index in [1.807, 2.05) is 13.8 Å². The highest BCUT2D eigenvalue weighted by molar-refractivity contribution is 8.55. The maximum atomic E-state index is 12.9. The molecule has 2 unspecified atom stereocenters. The number of rotatable bonds is 17. The summed E-state index contributed by atoms with van der Waals surface area (Å²) in [6, 6.07) is 12.9. The Balaban J connectivity index is 0.00000168. The van der Waals surface area contributed by atoms with Crippen LogP contribution >= 0.6 is 36.4 Å². The van der Waals surface area contributed by atoms with Crippen molar-refractivity contribution in [2.75, 3.05) is 24.7 Å². The highest BCUT2D eigenvalue weighted by atomic mass is 32.7. The molecule has 0 aliphatic heterocycles. The van der Waals surface area contributed by atoms with Crippen LogP contribution in [0.4, 0.5) is 0 Å². The highest BCUT2D eigenvalue weighted by Gasteiger charge is 2.27. The standard InChI is InChI=1S/C23H32O7P2S2.C4H10/c1-5-17-33-31(25,27-7-3)29-21-13-9-19(10-14-21)23(24)20-11-15-22(16-12-20)30-32(26,28-8-4)34-18-6-2;1-3-4-2/h9-16H,5-8,17-18H2,1-4H3;3-4H2,1-2H3. The molecule has 0 amide bonds. The lowest BCUT2D eigenvalue weighted by atomic mass is 10.0. The average molecular weight is 605 g/mol. The summed E-state index contributed by atoms with van der Waals surface area (Å²) >= 11 is 2.33. The molecule has 38 heavy (non-hydrogen) atoms. The smallest absolute Gasteiger partial charge is 0.417 e. The predicted octanol–water partition coefficient (Wildman–Crippen LogP) is 10.1. The van der Waals surface area contributed by atoms with Crippen LogP contribution in [0.3, 0.4) is 0 Å². The van der Waals surface area contributed by atoms with Crippen LogP contribution in [0.1, 0.15) is 83.1 Å². The predicted molar refractivity (Wildman–Crippen MR) is 162 cm³/mol. The van der Waals surface area contributed by atoms with Crippen molar-refractivity contribution in [1.82, 2.24) is 0 Å². The molecule has 2 aromatic rings. The highest BCUT2D eigenvalue weighted by Crippen LogP contribution is 2.61. The van der Waals surface area contributed by atoms with Crippen molar-refractivity contribution < 1.29 is 32.0 Å². The second kappa shape index (κ2) is 19.0. The van der Waals surface area contributed by atoms with Gasteiger partial charge in [-0.15, -0.1) is 0 Å². The molecule has 11 heteroatoms. The van der Waals surface area contributed by atoms with E-state index in [2.05, 4.69) is 13.8 Å². The fourth-order valence-electron chi connectivity index (χ4n) is 2.66. The first-order valence-corrected chi connectivity index (χ1v) is 19.4. The molecule has 214 valence electrons. The summed E-state index contributed by atoms with van der Waals surface area (Å²) in [4.78, 5) is 12.9. The second-order valence-electron chi connectivity index (χ2n) is 7.96. The zero-order valence-electron chi connectivity index (χ0n) is 23.3. The molecule has 0 spiro atoms. The van der Waals surface area contributed by atoms with Gasteiger partial charge in [0, 0.05) is 22.6 Å². The number of hydrogen-bond acceptors (Lipinski definition) is 9. The molecule has 0 bridgehead atoms. The SMILES string of the molecule is CCCC.CCCSP(=O)(OCC)Oc1ccc(C(=O)c2ccc(OP(=O)(OCC)SCCC)cc2)cc1. The molecule has 0 saturated carbocycles. The van der Waals surface area contributed by atoms with Gasteiger partial charge in [-0.3, -0.25) is 13.8 Å². The lowest BCUT2D eigenvalue weighted by Crippen LogP contribution is -2.02. The van der Waals surface area contributed by atoms with Gasteiger partial charge in [0.2, 0.25) is 0 Å². The summed E-state index contributed by atoms with van der Waals surface area (Å²) in [6.45, 7) is 5.82. The number of carbonyl (C=O) groups excluding carboxylic acids is 1. The molecular formula is C27H42O7P2S2. The monoisotopic (exact) mass is 604 g/mol. The molecule has 0 saturated heterocycles. The van der Waals surface area contributed by atoms with Crippen molar-refractivity contribution in [3.63, 3.8) is 0 Å². The van der Waals surface area contributed by atoms with Crippen LogP contribution < -0.4 is 9.05 Å². The molecule has 0 aliphatic carbocycles. The Bertz CT molecular complexity index is 949. The molecule has 0 fully saturated rings. The minimum Gasteiger partial charge on any atom is -0.417 e. The Labute approximate surface area is 236 Å². The van der Waals surface area contributed by atoms with Crippen LogP contribution in [-0.2, 0) is 18.2 Å². The summed E-state index contributed by atoms with van der Waals surface area (Å²) < 4.78 is 47.6. The van der Waals surface area contributed by atoms with E-state index in [9.17, 15) is 13.9 Å². The van der Waals surface area contributed by atoms with Crippen molar-refractivity contribution >= 4 is 42.1 Å². The van der Waals surface area contributed by atoms with Crippen molar-refractivity contribution in [3.8, 4) is 11.5 Å². The Morgan fingerprint density at radius 2 is 0.947 bits per heavy atom. The van der Waals surface area contributed by atoms with Gasteiger partial charge in [0.05, 0.1) is 13.2 Å². The zero-order valence-corrected chi connectivity index (χ0v) is 26.8. The quantitative estimate of drug-likeness (QED) is 0.129. The summed E-state index contributed by atoms with van der Waals surface area (Å²) in [5.41, 5.74) is 0.902. The molecule has 0 N–H and O–H groups in total. The second-order valence-corrected chi connectivity index (χ2v) is 16.2. The van der Waals surface area contributed by atoms with E-state index >= 15 is 0 Å². The Morgan fingerprint density at radius 1 is 0.605 bits per heavy atom. The van der Waals surface area contributed by atoms with E-state index in [4.69, 9.17) is 18.1 Å². The topological polar surface area (TPSA) is 88.1 Å². The van der Waals surface area contributed by atoms with E-state index in [1.54, 1.807) is 62.4 Å². The van der Waals surface area contributed by atoms with Gasteiger partial charge >= 0.3 is 13.6 Å². The zero-order chi connectivity index (χ0) is 28.4. The normalized spacial score (nSPS) is 13.9. The molecule has 2 atom stereocenters. The molecular weight excluding hydrogens is 562 g/mol. The molecule has 0 aliphatic rings. The molecule has 7 nitrogen and oxygen atoms in total. The van der Waals surface area contributed by atoms with Gasteiger partial charge < -0.3 is 9.05 Å². The van der Waals surface area contributed by atoms with E-state index in [0.717, 1.165) is 35.6 Å². The first kappa shape index (κ1) is 34.8. The van der Waals surface area contributed by atoms with E-state index in [0.29, 0.717) is 34.1 Å². The van der Waals surface area contributed by atoms with E-state index < -0.39 is 13.6 Å². The molecule has 2 rings (SSSR count).